The van der Waals surface area contributed by atoms with Crippen molar-refractivity contribution in [2.45, 2.75) is 30.5 Å². The molecule has 76 valence electrons. The molecule has 1 aromatic heterocycles. The molecule has 1 heterocycles. The van der Waals surface area contributed by atoms with Gasteiger partial charge in [-0.25, -0.2) is 9.78 Å². The van der Waals surface area contributed by atoms with E-state index >= 15 is 0 Å². The van der Waals surface area contributed by atoms with Crippen LogP contribution in [0.4, 0.5) is 0 Å². The number of rotatable bonds is 2. The maximum atomic E-state index is 10.7. The number of thioether (sulfide) groups is 1. The highest BCUT2D eigenvalue weighted by molar-refractivity contribution is 8.00. The Bertz CT molecular complexity index is 344. The maximum absolute atomic E-state index is 10.7. The molecule has 0 aliphatic rings. The van der Waals surface area contributed by atoms with E-state index in [0.29, 0.717) is 0 Å². The Morgan fingerprint density at radius 2 is 2.14 bits per heavy atom. The molecule has 0 amide bonds. The lowest BCUT2D eigenvalue weighted by molar-refractivity contribution is 0.0696. The zero-order chi connectivity index (χ0) is 10.8. The van der Waals surface area contributed by atoms with Gasteiger partial charge in [-0.1, -0.05) is 20.8 Å². The normalized spacial score (nSPS) is 11.4. The lowest BCUT2D eigenvalue weighted by Gasteiger charge is -2.16. The van der Waals surface area contributed by atoms with Gasteiger partial charge in [0.05, 0.1) is 10.6 Å². The molecule has 3 nitrogen and oxygen atoms in total. The molecule has 0 radical (unpaired) electrons. The highest BCUT2D eigenvalue weighted by atomic mass is 32.2. The van der Waals surface area contributed by atoms with Gasteiger partial charge in [-0.3, -0.25) is 0 Å². The van der Waals surface area contributed by atoms with Crippen molar-refractivity contribution in [3.63, 3.8) is 0 Å². The number of carbonyl (C=O) groups is 1. The first-order valence-corrected chi connectivity index (χ1v) is 5.08. The zero-order valence-electron chi connectivity index (χ0n) is 8.44. The van der Waals surface area contributed by atoms with Gasteiger partial charge in [0.1, 0.15) is 0 Å². The van der Waals surface area contributed by atoms with E-state index in [2.05, 4.69) is 25.8 Å². The Morgan fingerprint density at radius 1 is 1.50 bits per heavy atom. The molecule has 4 heteroatoms. The van der Waals surface area contributed by atoms with E-state index in [1.54, 1.807) is 17.8 Å². The highest BCUT2D eigenvalue weighted by Crippen LogP contribution is 2.30. The molecule has 0 spiro atoms. The molecule has 0 bridgehead atoms. The molecule has 1 rings (SSSR count). The van der Waals surface area contributed by atoms with Gasteiger partial charge >= 0.3 is 5.97 Å². The van der Waals surface area contributed by atoms with Crippen LogP contribution >= 0.6 is 11.8 Å². The van der Waals surface area contributed by atoms with Gasteiger partial charge in [0.25, 0.3) is 0 Å². The quantitative estimate of drug-likeness (QED) is 0.764. The van der Waals surface area contributed by atoms with E-state index in [1.807, 2.05) is 0 Å². The summed E-state index contributed by atoms with van der Waals surface area (Å²) in [6.45, 7) is 6.19. The number of aromatic carboxylic acids is 1. The summed E-state index contributed by atoms with van der Waals surface area (Å²) in [6, 6.07) is 3.09. The van der Waals surface area contributed by atoms with Gasteiger partial charge in [0.15, 0.2) is 0 Å². The van der Waals surface area contributed by atoms with Crippen LogP contribution in [-0.2, 0) is 0 Å². The number of hydrogen-bond acceptors (Lipinski definition) is 3. The van der Waals surface area contributed by atoms with Crippen molar-refractivity contribution >= 4 is 17.7 Å². The Morgan fingerprint density at radius 3 is 2.64 bits per heavy atom. The maximum Gasteiger partial charge on any atom is 0.335 e. The van der Waals surface area contributed by atoms with Crippen molar-refractivity contribution in [2.24, 2.45) is 0 Å². The van der Waals surface area contributed by atoms with Crippen LogP contribution in [-0.4, -0.2) is 20.8 Å². The third-order valence-corrected chi connectivity index (χ3v) is 2.44. The smallest absolute Gasteiger partial charge is 0.335 e. The molecule has 0 atom stereocenters. The molecule has 0 aliphatic heterocycles. The summed E-state index contributed by atoms with van der Waals surface area (Å²) in [5, 5.41) is 9.52. The summed E-state index contributed by atoms with van der Waals surface area (Å²) in [4.78, 5) is 14.8. The lowest BCUT2D eigenvalue weighted by Crippen LogP contribution is -2.07. The van der Waals surface area contributed by atoms with Crippen molar-refractivity contribution in [1.29, 1.82) is 0 Å². The number of carboxylic acids is 1. The fourth-order valence-corrected chi connectivity index (χ4v) is 1.84. The zero-order valence-corrected chi connectivity index (χ0v) is 9.26. The molecular weight excluding hydrogens is 198 g/mol. The second kappa shape index (κ2) is 4.00. The van der Waals surface area contributed by atoms with Gasteiger partial charge in [0, 0.05) is 10.9 Å². The van der Waals surface area contributed by atoms with Crippen LogP contribution in [0.15, 0.2) is 23.4 Å². The van der Waals surface area contributed by atoms with E-state index in [0.717, 1.165) is 5.03 Å². The second-order valence-corrected chi connectivity index (χ2v) is 5.75. The molecule has 1 aromatic rings. The van der Waals surface area contributed by atoms with E-state index < -0.39 is 5.97 Å². The summed E-state index contributed by atoms with van der Waals surface area (Å²) >= 11 is 1.56. The largest absolute Gasteiger partial charge is 0.478 e. The fraction of sp³-hybridized carbons (Fsp3) is 0.400. The van der Waals surface area contributed by atoms with Crippen LogP contribution in [0.1, 0.15) is 31.1 Å². The van der Waals surface area contributed by atoms with Crippen molar-refractivity contribution in [2.75, 3.05) is 0 Å². The average molecular weight is 211 g/mol. The molecule has 0 saturated carbocycles. The van der Waals surface area contributed by atoms with Gasteiger partial charge in [-0.15, -0.1) is 11.8 Å². The minimum absolute atomic E-state index is 0.0458. The van der Waals surface area contributed by atoms with Crippen LogP contribution in [0.5, 0.6) is 0 Å². The predicted molar refractivity (Wildman–Crippen MR) is 56.8 cm³/mol. The molecule has 0 unspecified atom stereocenters. The Labute approximate surface area is 87.6 Å². The Balaban J connectivity index is 2.89. The summed E-state index contributed by atoms with van der Waals surface area (Å²) in [6.07, 6.45) is 1.53. The standard InChI is InChI=1S/C10H13NO2S/c1-10(2,3)14-8-6-7(9(12)13)4-5-11-8/h4-6H,1-3H3,(H,12,13). The van der Waals surface area contributed by atoms with Gasteiger partial charge in [-0.05, 0) is 12.1 Å². The van der Waals surface area contributed by atoms with Crippen LogP contribution in [0.3, 0.4) is 0 Å². The number of nitrogens with zero attached hydrogens (tertiary/aromatic N) is 1. The van der Waals surface area contributed by atoms with E-state index in [9.17, 15) is 4.79 Å². The predicted octanol–water partition coefficient (Wildman–Crippen LogP) is 2.67. The third-order valence-electron chi connectivity index (χ3n) is 1.39. The second-order valence-electron chi connectivity index (χ2n) is 3.90. The minimum atomic E-state index is -0.914. The Hall–Kier alpha value is -1.03. The van der Waals surface area contributed by atoms with E-state index in [-0.39, 0.29) is 10.3 Å². The molecule has 0 saturated heterocycles. The first-order valence-electron chi connectivity index (χ1n) is 4.27. The topological polar surface area (TPSA) is 50.2 Å². The van der Waals surface area contributed by atoms with Crippen LogP contribution < -0.4 is 0 Å². The first kappa shape index (κ1) is 11.0. The van der Waals surface area contributed by atoms with Crippen molar-refractivity contribution in [3.05, 3.63) is 23.9 Å². The van der Waals surface area contributed by atoms with Crippen molar-refractivity contribution in [3.8, 4) is 0 Å². The van der Waals surface area contributed by atoms with Crippen LogP contribution in [0, 0.1) is 0 Å². The summed E-state index contributed by atoms with van der Waals surface area (Å²) in [5.41, 5.74) is 0.284. The molecule has 14 heavy (non-hydrogen) atoms. The monoisotopic (exact) mass is 211 g/mol. The number of carboxylic acid groups (broad SMARTS) is 1. The molecule has 0 aliphatic carbocycles. The number of aromatic nitrogens is 1. The van der Waals surface area contributed by atoms with Crippen LogP contribution in [0.25, 0.3) is 0 Å². The van der Waals surface area contributed by atoms with Gasteiger partial charge < -0.3 is 5.11 Å². The van der Waals surface area contributed by atoms with E-state index in [1.165, 1.54) is 12.3 Å². The number of pyridine rings is 1. The number of hydrogen-bond donors (Lipinski definition) is 1. The van der Waals surface area contributed by atoms with Crippen LogP contribution in [0.2, 0.25) is 0 Å². The summed E-state index contributed by atoms with van der Waals surface area (Å²) in [7, 11) is 0. The fourth-order valence-electron chi connectivity index (χ4n) is 0.912. The van der Waals surface area contributed by atoms with Crippen molar-refractivity contribution < 1.29 is 9.90 Å². The molecule has 1 N–H and O–H groups in total. The third kappa shape index (κ3) is 3.38. The van der Waals surface area contributed by atoms with Gasteiger partial charge in [0.2, 0.25) is 0 Å². The molecular formula is C10H13NO2S. The first-order chi connectivity index (χ1) is 6.38. The minimum Gasteiger partial charge on any atom is -0.478 e. The Kier molecular flexibility index (Phi) is 3.16. The SMILES string of the molecule is CC(C)(C)Sc1cc(C(=O)O)ccn1. The summed E-state index contributed by atoms with van der Waals surface area (Å²) < 4.78 is 0.0458. The lowest BCUT2D eigenvalue weighted by atomic mass is 10.3. The molecule has 0 fully saturated rings. The van der Waals surface area contributed by atoms with Gasteiger partial charge in [-0.2, -0.15) is 0 Å². The highest BCUT2D eigenvalue weighted by Gasteiger charge is 2.14. The summed E-state index contributed by atoms with van der Waals surface area (Å²) in [5.74, 6) is -0.914. The average Bonchev–Trinajstić information content (AvgIpc) is 2.01. The van der Waals surface area contributed by atoms with E-state index in [4.69, 9.17) is 5.11 Å². The molecule has 0 aromatic carbocycles. The van der Waals surface area contributed by atoms with Crippen molar-refractivity contribution in [1.82, 2.24) is 4.98 Å².